The third kappa shape index (κ3) is 4.13. The fourth-order valence-electron chi connectivity index (χ4n) is 2.45. The maximum absolute atomic E-state index is 12.0. The highest BCUT2D eigenvalue weighted by Gasteiger charge is 2.27. The molecule has 1 N–H and O–H groups in total. The number of nitrogens with zero attached hydrogens (tertiary/aromatic N) is 2. The van der Waals surface area contributed by atoms with Gasteiger partial charge in [0.2, 0.25) is 6.10 Å². The summed E-state index contributed by atoms with van der Waals surface area (Å²) < 4.78 is 22.2. The minimum Gasteiger partial charge on any atom is -0.485 e. The van der Waals surface area contributed by atoms with Crippen molar-refractivity contribution in [2.24, 2.45) is 0 Å². The van der Waals surface area contributed by atoms with Crippen LogP contribution in [0.25, 0.3) is 0 Å². The van der Waals surface area contributed by atoms with E-state index in [4.69, 9.17) is 41.8 Å². The Bertz CT molecular complexity index is 1010. The average Bonchev–Trinajstić information content (AvgIpc) is 3.15. The van der Waals surface area contributed by atoms with Gasteiger partial charge in [0.15, 0.2) is 18.1 Å². The second kappa shape index (κ2) is 7.95. The minimum absolute atomic E-state index is 0.0757. The number of hydrogen-bond donors (Lipinski definition) is 1. The van der Waals surface area contributed by atoms with Gasteiger partial charge in [0.25, 0.3) is 11.8 Å². The van der Waals surface area contributed by atoms with Crippen molar-refractivity contribution in [2.75, 3.05) is 18.5 Å². The van der Waals surface area contributed by atoms with Crippen molar-refractivity contribution in [3.63, 3.8) is 0 Å². The zero-order valence-corrected chi connectivity index (χ0v) is 15.7. The number of nitrogens with one attached hydrogen (secondary N) is 1. The van der Waals surface area contributed by atoms with Gasteiger partial charge in [-0.1, -0.05) is 40.4 Å². The van der Waals surface area contributed by atoms with Crippen LogP contribution in [0.1, 0.15) is 12.0 Å². The highest BCUT2D eigenvalue weighted by atomic mass is 35.5. The van der Waals surface area contributed by atoms with E-state index in [-0.39, 0.29) is 25.1 Å². The van der Waals surface area contributed by atoms with E-state index in [9.17, 15) is 4.79 Å². The molecule has 8 nitrogen and oxygen atoms in total. The van der Waals surface area contributed by atoms with Crippen molar-refractivity contribution >= 4 is 35.1 Å². The van der Waals surface area contributed by atoms with Crippen LogP contribution < -0.4 is 19.5 Å². The van der Waals surface area contributed by atoms with Crippen molar-refractivity contribution < 1.29 is 23.4 Å². The lowest BCUT2D eigenvalue weighted by atomic mass is 10.2. The first-order valence-electron chi connectivity index (χ1n) is 8.18. The van der Waals surface area contributed by atoms with Gasteiger partial charge in [-0.25, -0.2) is 0 Å². The van der Waals surface area contributed by atoms with Crippen LogP contribution in [0.2, 0.25) is 10.0 Å². The first-order chi connectivity index (χ1) is 13.6. The number of anilines is 1. The number of amides is 1. The average molecular weight is 422 g/mol. The molecule has 0 saturated carbocycles. The molecular formula is C18H13Cl2N3O5. The molecule has 1 amide bonds. The Morgan fingerprint density at radius 3 is 2.82 bits per heavy atom. The summed E-state index contributed by atoms with van der Waals surface area (Å²) in [5.41, 5.74) is 0. The van der Waals surface area contributed by atoms with E-state index < -0.39 is 12.0 Å². The first kappa shape index (κ1) is 18.4. The van der Waals surface area contributed by atoms with E-state index >= 15 is 0 Å². The Kier molecular flexibility index (Phi) is 5.23. The number of para-hydroxylation sites is 2. The molecular weight excluding hydrogens is 409 g/mol. The van der Waals surface area contributed by atoms with Gasteiger partial charge >= 0.3 is 6.01 Å². The van der Waals surface area contributed by atoms with Gasteiger partial charge in [0.05, 0.1) is 5.02 Å². The lowest BCUT2D eigenvalue weighted by Crippen LogP contribution is -2.22. The van der Waals surface area contributed by atoms with Crippen molar-refractivity contribution in [3.8, 4) is 17.2 Å². The minimum atomic E-state index is -0.572. The number of fused-ring (bicyclic) bond motifs is 1. The molecule has 0 fully saturated rings. The fourth-order valence-corrected chi connectivity index (χ4v) is 2.91. The Morgan fingerprint density at radius 1 is 1.18 bits per heavy atom. The van der Waals surface area contributed by atoms with Gasteiger partial charge in [-0.3, -0.25) is 10.1 Å². The molecule has 2 aromatic carbocycles. The Labute approximate surface area is 169 Å². The molecule has 1 aromatic heterocycles. The van der Waals surface area contributed by atoms with Crippen LogP contribution in [0.3, 0.4) is 0 Å². The smallest absolute Gasteiger partial charge is 0.322 e. The van der Waals surface area contributed by atoms with Crippen LogP contribution in [0.5, 0.6) is 17.2 Å². The van der Waals surface area contributed by atoms with E-state index in [0.717, 1.165) is 0 Å². The van der Waals surface area contributed by atoms with Gasteiger partial charge in [0.1, 0.15) is 12.4 Å². The van der Waals surface area contributed by atoms with Gasteiger partial charge in [-0.2, -0.15) is 0 Å². The summed E-state index contributed by atoms with van der Waals surface area (Å²) in [6, 6.07) is 11.9. The number of ether oxygens (including phenoxy) is 3. The molecule has 0 aliphatic carbocycles. The number of halogens is 2. The third-order valence-corrected chi connectivity index (χ3v) is 4.25. The molecule has 0 radical (unpaired) electrons. The molecule has 1 aliphatic rings. The molecule has 1 unspecified atom stereocenters. The summed E-state index contributed by atoms with van der Waals surface area (Å²) >= 11 is 11.8. The van der Waals surface area contributed by atoms with Gasteiger partial charge in [-0.15, -0.1) is 5.10 Å². The number of carbonyl (C=O) groups is 1. The molecule has 4 rings (SSSR count). The van der Waals surface area contributed by atoms with Gasteiger partial charge in [0, 0.05) is 5.02 Å². The Morgan fingerprint density at radius 2 is 2.00 bits per heavy atom. The van der Waals surface area contributed by atoms with E-state index in [2.05, 4.69) is 15.5 Å². The summed E-state index contributed by atoms with van der Waals surface area (Å²) in [5, 5.41) is 10.9. The van der Waals surface area contributed by atoms with Crippen molar-refractivity contribution in [1.82, 2.24) is 10.2 Å². The molecule has 10 heteroatoms. The zero-order valence-electron chi connectivity index (χ0n) is 14.2. The Hall–Kier alpha value is -2.97. The van der Waals surface area contributed by atoms with Gasteiger partial charge in [-0.05, 0) is 30.3 Å². The largest absolute Gasteiger partial charge is 0.485 e. The Balaban J connectivity index is 1.34. The summed E-state index contributed by atoms with van der Waals surface area (Å²) in [7, 11) is 0. The molecule has 1 aliphatic heterocycles. The van der Waals surface area contributed by atoms with Crippen LogP contribution in [-0.2, 0) is 4.79 Å². The number of benzene rings is 2. The highest BCUT2D eigenvalue weighted by Crippen LogP contribution is 2.35. The molecule has 144 valence electrons. The molecule has 0 saturated heterocycles. The summed E-state index contributed by atoms with van der Waals surface area (Å²) in [4.78, 5) is 12.0. The number of rotatable bonds is 5. The number of hydrogen-bond acceptors (Lipinski definition) is 7. The van der Waals surface area contributed by atoms with Crippen LogP contribution in [0, 0.1) is 0 Å². The second-order valence-corrected chi connectivity index (χ2v) is 6.56. The molecule has 1 atom stereocenters. The number of aromatic nitrogens is 2. The first-order valence-corrected chi connectivity index (χ1v) is 8.93. The number of carbonyl (C=O) groups excluding carboxylic acids is 1. The molecule has 0 bridgehead atoms. The van der Waals surface area contributed by atoms with E-state index in [1.165, 1.54) is 6.07 Å². The standard InChI is InChI=1S/C18H13Cl2N3O5/c19-10-5-6-12(11(20)7-10)26-9-16(24)21-18-23-22-17(28-18)15-8-25-13-3-1-2-4-14(13)27-15/h1-7,15H,8-9H2,(H,21,23,24). The molecule has 3 aromatic rings. The van der Waals surface area contributed by atoms with E-state index in [1.54, 1.807) is 24.3 Å². The van der Waals surface area contributed by atoms with Crippen LogP contribution in [0.4, 0.5) is 6.01 Å². The maximum Gasteiger partial charge on any atom is 0.322 e. The predicted molar refractivity (Wildman–Crippen MR) is 100 cm³/mol. The van der Waals surface area contributed by atoms with E-state index in [0.29, 0.717) is 27.3 Å². The summed E-state index contributed by atoms with van der Waals surface area (Å²) in [5.74, 6) is 1.25. The van der Waals surface area contributed by atoms with Crippen molar-refractivity contribution in [2.45, 2.75) is 6.10 Å². The fraction of sp³-hybridized carbons (Fsp3) is 0.167. The van der Waals surface area contributed by atoms with Crippen molar-refractivity contribution in [1.29, 1.82) is 0 Å². The normalized spacial score (nSPS) is 15.1. The summed E-state index contributed by atoms with van der Waals surface area (Å²) in [6.07, 6.45) is -0.572. The predicted octanol–water partition coefficient (Wildman–Crippen LogP) is 3.91. The van der Waals surface area contributed by atoms with Crippen LogP contribution >= 0.6 is 23.2 Å². The highest BCUT2D eigenvalue weighted by molar-refractivity contribution is 6.35. The maximum atomic E-state index is 12.0. The zero-order chi connectivity index (χ0) is 19.5. The van der Waals surface area contributed by atoms with Crippen molar-refractivity contribution in [3.05, 3.63) is 58.4 Å². The molecule has 28 heavy (non-hydrogen) atoms. The summed E-state index contributed by atoms with van der Waals surface area (Å²) in [6.45, 7) is -0.0831. The lowest BCUT2D eigenvalue weighted by molar-refractivity contribution is -0.118. The SMILES string of the molecule is O=C(COc1ccc(Cl)cc1Cl)Nc1nnc(C2COc3ccccc3O2)o1. The van der Waals surface area contributed by atoms with Crippen LogP contribution in [0.15, 0.2) is 46.9 Å². The molecule has 0 spiro atoms. The topological polar surface area (TPSA) is 95.7 Å². The third-order valence-electron chi connectivity index (χ3n) is 3.72. The molecule has 2 heterocycles. The van der Waals surface area contributed by atoms with E-state index in [1.807, 2.05) is 12.1 Å². The van der Waals surface area contributed by atoms with Gasteiger partial charge < -0.3 is 18.6 Å². The monoisotopic (exact) mass is 421 g/mol. The lowest BCUT2D eigenvalue weighted by Gasteiger charge is -2.23. The quantitative estimate of drug-likeness (QED) is 0.666. The second-order valence-electron chi connectivity index (χ2n) is 5.72. The van der Waals surface area contributed by atoms with Crippen LogP contribution in [-0.4, -0.2) is 29.3 Å².